The number of aromatic nitrogens is 4. The number of nitrogens with one attached hydrogen (secondary N) is 1. The molecule has 0 fully saturated rings. The molecule has 2 heterocycles. The SMILES string of the molecule is Nc1nc(Cl)c2[nH]c(Br)nc2n1. The van der Waals surface area contributed by atoms with Gasteiger partial charge in [0.2, 0.25) is 5.95 Å². The number of nitrogen functional groups attached to an aromatic ring is 1. The lowest BCUT2D eigenvalue weighted by Crippen LogP contribution is -1.94. The Kier molecular flexibility index (Phi) is 1.66. The highest BCUT2D eigenvalue weighted by atomic mass is 79.9. The summed E-state index contributed by atoms with van der Waals surface area (Å²) in [4.78, 5) is 14.4. The van der Waals surface area contributed by atoms with Gasteiger partial charge in [0.05, 0.1) is 0 Å². The van der Waals surface area contributed by atoms with Crippen LogP contribution in [0.4, 0.5) is 5.95 Å². The van der Waals surface area contributed by atoms with E-state index in [1.807, 2.05) is 0 Å². The molecule has 0 unspecified atom stereocenters. The Balaban J connectivity index is 2.88. The smallest absolute Gasteiger partial charge is 0.223 e. The zero-order valence-electron chi connectivity index (χ0n) is 5.67. The second-order valence-corrected chi connectivity index (χ2v) is 3.21. The normalized spacial score (nSPS) is 10.8. The molecule has 0 saturated heterocycles. The Morgan fingerprint density at radius 3 is 2.83 bits per heavy atom. The van der Waals surface area contributed by atoms with Crippen LogP contribution in [0.25, 0.3) is 11.2 Å². The van der Waals surface area contributed by atoms with Crippen LogP contribution in [0.3, 0.4) is 0 Å². The van der Waals surface area contributed by atoms with Crippen molar-refractivity contribution in [1.29, 1.82) is 0 Å². The number of rotatable bonds is 0. The predicted octanol–water partition coefficient (Wildman–Crippen LogP) is 1.35. The summed E-state index contributed by atoms with van der Waals surface area (Å²) in [6.45, 7) is 0. The monoisotopic (exact) mass is 247 g/mol. The Bertz CT molecular complexity index is 439. The fourth-order valence-corrected chi connectivity index (χ4v) is 1.44. The zero-order valence-corrected chi connectivity index (χ0v) is 8.02. The minimum Gasteiger partial charge on any atom is -0.368 e. The Labute approximate surface area is 80.5 Å². The molecule has 0 spiro atoms. The number of H-pyrrole nitrogens is 1. The molecule has 0 atom stereocenters. The summed E-state index contributed by atoms with van der Waals surface area (Å²) in [5.74, 6) is 0.117. The Morgan fingerprint density at radius 2 is 2.08 bits per heavy atom. The van der Waals surface area contributed by atoms with Crippen LogP contribution >= 0.6 is 27.5 Å². The maximum atomic E-state index is 5.75. The molecule has 2 aromatic heterocycles. The van der Waals surface area contributed by atoms with E-state index in [0.717, 1.165) is 0 Å². The predicted molar refractivity (Wildman–Crippen MR) is 48.8 cm³/mol. The van der Waals surface area contributed by atoms with Crippen molar-refractivity contribution in [3.05, 3.63) is 9.89 Å². The molecule has 7 heteroatoms. The van der Waals surface area contributed by atoms with E-state index in [4.69, 9.17) is 17.3 Å². The maximum Gasteiger partial charge on any atom is 0.223 e. The summed E-state index contributed by atoms with van der Waals surface area (Å²) in [7, 11) is 0. The lowest BCUT2D eigenvalue weighted by Gasteiger charge is -1.92. The first-order valence-electron chi connectivity index (χ1n) is 3.01. The van der Waals surface area contributed by atoms with E-state index in [-0.39, 0.29) is 11.1 Å². The van der Waals surface area contributed by atoms with Crippen molar-refractivity contribution < 1.29 is 0 Å². The quantitative estimate of drug-likeness (QED) is 0.545. The number of hydrogen-bond donors (Lipinski definition) is 2. The molecular weight excluding hydrogens is 245 g/mol. The third-order valence-electron chi connectivity index (χ3n) is 1.30. The van der Waals surface area contributed by atoms with E-state index < -0.39 is 0 Å². The summed E-state index contributed by atoms with van der Waals surface area (Å²) in [5, 5.41) is 0.274. The van der Waals surface area contributed by atoms with Gasteiger partial charge in [0.1, 0.15) is 5.52 Å². The summed E-state index contributed by atoms with van der Waals surface area (Å²) in [6.07, 6.45) is 0. The molecule has 0 amide bonds. The van der Waals surface area contributed by atoms with E-state index in [2.05, 4.69) is 35.9 Å². The molecule has 12 heavy (non-hydrogen) atoms. The van der Waals surface area contributed by atoms with E-state index in [1.54, 1.807) is 0 Å². The second kappa shape index (κ2) is 2.56. The van der Waals surface area contributed by atoms with Gasteiger partial charge in [-0.1, -0.05) is 11.6 Å². The summed E-state index contributed by atoms with van der Waals surface area (Å²) in [6, 6.07) is 0. The van der Waals surface area contributed by atoms with Crippen molar-refractivity contribution in [2.45, 2.75) is 0 Å². The van der Waals surface area contributed by atoms with Gasteiger partial charge in [0.25, 0.3) is 0 Å². The van der Waals surface area contributed by atoms with Gasteiger partial charge >= 0.3 is 0 Å². The molecule has 0 saturated carbocycles. The summed E-state index contributed by atoms with van der Waals surface area (Å²) >= 11 is 8.90. The Morgan fingerprint density at radius 1 is 1.33 bits per heavy atom. The molecule has 0 aromatic carbocycles. The number of fused-ring (bicyclic) bond motifs is 1. The number of imidazole rings is 1. The Hall–Kier alpha value is -0.880. The number of nitrogens with zero attached hydrogens (tertiary/aromatic N) is 3. The van der Waals surface area contributed by atoms with Crippen LogP contribution in [-0.4, -0.2) is 19.9 Å². The number of anilines is 1. The van der Waals surface area contributed by atoms with Gasteiger partial charge in [0.15, 0.2) is 15.5 Å². The van der Waals surface area contributed by atoms with Gasteiger partial charge in [-0.25, -0.2) is 4.98 Å². The topological polar surface area (TPSA) is 80.5 Å². The lowest BCUT2D eigenvalue weighted by molar-refractivity contribution is 1.21. The van der Waals surface area contributed by atoms with Crippen molar-refractivity contribution >= 4 is 44.6 Å². The minimum atomic E-state index is 0.117. The molecule has 0 radical (unpaired) electrons. The largest absolute Gasteiger partial charge is 0.368 e. The van der Waals surface area contributed by atoms with Crippen molar-refractivity contribution in [1.82, 2.24) is 19.9 Å². The molecule has 0 bridgehead atoms. The molecule has 2 aromatic rings. The highest BCUT2D eigenvalue weighted by Crippen LogP contribution is 2.20. The molecular formula is C5H3BrClN5. The van der Waals surface area contributed by atoms with Crippen molar-refractivity contribution in [3.8, 4) is 0 Å². The van der Waals surface area contributed by atoms with E-state index in [1.165, 1.54) is 0 Å². The fourth-order valence-electron chi connectivity index (χ4n) is 0.851. The molecule has 0 aliphatic carbocycles. The second-order valence-electron chi connectivity index (χ2n) is 2.10. The number of halogens is 2. The van der Waals surface area contributed by atoms with Crippen molar-refractivity contribution in [2.24, 2.45) is 0 Å². The average Bonchev–Trinajstić information content (AvgIpc) is 2.29. The van der Waals surface area contributed by atoms with E-state index >= 15 is 0 Å². The minimum absolute atomic E-state index is 0.117. The van der Waals surface area contributed by atoms with Crippen LogP contribution < -0.4 is 5.73 Å². The van der Waals surface area contributed by atoms with Gasteiger partial charge in [-0.3, -0.25) is 0 Å². The highest BCUT2D eigenvalue weighted by molar-refractivity contribution is 9.10. The van der Waals surface area contributed by atoms with Gasteiger partial charge in [0, 0.05) is 0 Å². The fraction of sp³-hybridized carbons (Fsp3) is 0. The third-order valence-corrected chi connectivity index (χ3v) is 1.94. The van der Waals surface area contributed by atoms with Gasteiger partial charge < -0.3 is 10.7 Å². The molecule has 62 valence electrons. The lowest BCUT2D eigenvalue weighted by atomic mass is 10.6. The van der Waals surface area contributed by atoms with Crippen LogP contribution in [0.5, 0.6) is 0 Å². The highest BCUT2D eigenvalue weighted by Gasteiger charge is 2.07. The van der Waals surface area contributed by atoms with Crippen molar-refractivity contribution in [2.75, 3.05) is 5.73 Å². The van der Waals surface area contributed by atoms with Gasteiger partial charge in [-0.05, 0) is 15.9 Å². The summed E-state index contributed by atoms with van der Waals surface area (Å²) in [5.41, 5.74) is 6.40. The van der Waals surface area contributed by atoms with Crippen LogP contribution in [0.1, 0.15) is 0 Å². The maximum absolute atomic E-state index is 5.75. The van der Waals surface area contributed by atoms with E-state index in [9.17, 15) is 0 Å². The van der Waals surface area contributed by atoms with Crippen LogP contribution in [-0.2, 0) is 0 Å². The molecule has 0 aliphatic heterocycles. The van der Waals surface area contributed by atoms with Gasteiger partial charge in [-0.15, -0.1) is 0 Å². The zero-order chi connectivity index (χ0) is 8.72. The first-order chi connectivity index (χ1) is 5.66. The summed E-state index contributed by atoms with van der Waals surface area (Å²) < 4.78 is 0.555. The molecule has 2 rings (SSSR count). The molecule has 3 N–H and O–H groups in total. The number of nitrogens with two attached hydrogens (primary N) is 1. The molecule has 5 nitrogen and oxygen atoms in total. The first kappa shape index (κ1) is 7.75. The van der Waals surface area contributed by atoms with Gasteiger partial charge in [-0.2, -0.15) is 9.97 Å². The van der Waals surface area contributed by atoms with E-state index in [0.29, 0.717) is 15.9 Å². The standard InChI is InChI=1S/C5H3BrClN5/c6-4-9-1-2(7)10-5(8)12-3(1)11-4/h(H3,8,9,10,11,12). The van der Waals surface area contributed by atoms with Crippen LogP contribution in [0, 0.1) is 0 Å². The average molecular weight is 248 g/mol. The van der Waals surface area contributed by atoms with Crippen LogP contribution in [0.15, 0.2) is 4.73 Å². The number of aromatic amines is 1. The van der Waals surface area contributed by atoms with Crippen LogP contribution in [0.2, 0.25) is 5.15 Å². The first-order valence-corrected chi connectivity index (χ1v) is 4.18. The van der Waals surface area contributed by atoms with Crippen molar-refractivity contribution in [3.63, 3.8) is 0 Å². The third kappa shape index (κ3) is 1.12. The number of hydrogen-bond acceptors (Lipinski definition) is 4. The molecule has 0 aliphatic rings.